The van der Waals surface area contributed by atoms with Crippen LogP contribution in [0.4, 0.5) is 23.7 Å². The number of hydrogen-bond donors (Lipinski definition) is 1. The second-order valence-corrected chi connectivity index (χ2v) is 5.50. The van der Waals surface area contributed by atoms with E-state index >= 15 is 0 Å². The van der Waals surface area contributed by atoms with E-state index in [1.807, 2.05) is 0 Å². The molecule has 1 amide bonds. The summed E-state index contributed by atoms with van der Waals surface area (Å²) >= 11 is 6.12. The second kappa shape index (κ2) is 6.72. The van der Waals surface area contributed by atoms with Crippen molar-refractivity contribution < 1.29 is 27.1 Å². The predicted molar refractivity (Wildman–Crippen MR) is 89.8 cm³/mol. The molecule has 9 heteroatoms. The average Bonchev–Trinajstić information content (AvgIpc) is 2.99. The average molecular weight is 383 g/mol. The number of nitrogens with zero attached hydrogens (tertiary/aromatic N) is 1. The third-order valence-corrected chi connectivity index (χ3v) is 3.68. The van der Waals surface area contributed by atoms with Crippen molar-refractivity contribution in [1.82, 2.24) is 4.98 Å². The van der Waals surface area contributed by atoms with Gasteiger partial charge < -0.3 is 9.15 Å². The number of halogens is 4. The number of fused-ring (bicyclic) bond motifs is 1. The third-order valence-electron chi connectivity index (χ3n) is 3.35. The minimum absolute atomic E-state index is 0.0186. The van der Waals surface area contributed by atoms with Crippen LogP contribution in [0.3, 0.4) is 0 Å². The molecule has 0 saturated heterocycles. The van der Waals surface area contributed by atoms with Crippen molar-refractivity contribution in [2.75, 3.05) is 5.32 Å². The summed E-state index contributed by atoms with van der Waals surface area (Å²) in [7, 11) is 0. The maximum atomic E-state index is 12.8. The molecular formula is C17H10ClF3N2O3. The number of hydrogen-bond acceptors (Lipinski definition) is 4. The lowest BCUT2D eigenvalue weighted by atomic mass is 10.2. The van der Waals surface area contributed by atoms with Gasteiger partial charge in [0.2, 0.25) is 5.89 Å². The Morgan fingerprint density at radius 2 is 2.04 bits per heavy atom. The highest BCUT2D eigenvalue weighted by Crippen LogP contribution is 2.35. The molecule has 0 aliphatic carbocycles. The molecule has 1 aromatic heterocycles. The van der Waals surface area contributed by atoms with E-state index in [1.165, 1.54) is 24.3 Å². The van der Waals surface area contributed by atoms with E-state index in [-0.39, 0.29) is 22.0 Å². The third kappa shape index (κ3) is 3.65. The zero-order valence-electron chi connectivity index (χ0n) is 12.9. The molecule has 0 bridgehead atoms. The number of anilines is 1. The number of amides is 1. The topological polar surface area (TPSA) is 64.4 Å². The first-order valence-electron chi connectivity index (χ1n) is 7.14. The monoisotopic (exact) mass is 382 g/mol. The standard InChI is InChI=1S/C17H10ClF3N2O3/c1-2-25-16(24)22-10-4-5-12(18)11(8-10)15-23-13-7-9(17(19,20)21)3-6-14(13)26-15/h2-8H,1H2,(H,22,24). The van der Waals surface area contributed by atoms with E-state index in [4.69, 9.17) is 16.0 Å². The Balaban J connectivity index is 2.00. The molecule has 1 N–H and O–H groups in total. The van der Waals surface area contributed by atoms with E-state index in [0.29, 0.717) is 11.3 Å². The van der Waals surface area contributed by atoms with E-state index in [0.717, 1.165) is 18.4 Å². The second-order valence-electron chi connectivity index (χ2n) is 5.09. The lowest BCUT2D eigenvalue weighted by molar-refractivity contribution is -0.137. The lowest BCUT2D eigenvalue weighted by Gasteiger charge is -2.06. The Labute approximate surface area is 150 Å². The van der Waals surface area contributed by atoms with Gasteiger partial charge in [0.1, 0.15) is 5.52 Å². The zero-order chi connectivity index (χ0) is 18.9. The molecule has 5 nitrogen and oxygen atoms in total. The summed E-state index contributed by atoms with van der Waals surface area (Å²) in [5.41, 5.74) is 0.00432. The molecule has 0 fully saturated rings. The summed E-state index contributed by atoms with van der Waals surface area (Å²) in [6, 6.07) is 7.44. The Kier molecular flexibility index (Phi) is 4.60. The quantitative estimate of drug-likeness (QED) is 0.576. The number of ether oxygens (including phenoxy) is 1. The van der Waals surface area contributed by atoms with Crippen molar-refractivity contribution >= 4 is 34.5 Å². The van der Waals surface area contributed by atoms with E-state index in [1.54, 1.807) is 0 Å². The lowest BCUT2D eigenvalue weighted by Crippen LogP contribution is -2.10. The fourth-order valence-corrected chi connectivity index (χ4v) is 2.41. The number of carbonyl (C=O) groups is 1. The number of oxazole rings is 1. The van der Waals surface area contributed by atoms with Crippen molar-refractivity contribution in [2.24, 2.45) is 0 Å². The van der Waals surface area contributed by atoms with Gasteiger partial charge in [0.15, 0.2) is 5.58 Å². The highest BCUT2D eigenvalue weighted by Gasteiger charge is 2.31. The fraction of sp³-hybridized carbons (Fsp3) is 0.0588. The maximum absolute atomic E-state index is 12.8. The molecule has 1 heterocycles. The van der Waals surface area contributed by atoms with Crippen LogP contribution in [0.2, 0.25) is 5.02 Å². The summed E-state index contributed by atoms with van der Waals surface area (Å²) < 4.78 is 48.5. The number of aromatic nitrogens is 1. The van der Waals surface area contributed by atoms with Gasteiger partial charge in [-0.25, -0.2) is 9.78 Å². The summed E-state index contributed by atoms with van der Waals surface area (Å²) in [6.07, 6.45) is -4.29. The highest BCUT2D eigenvalue weighted by atomic mass is 35.5. The van der Waals surface area contributed by atoms with Crippen LogP contribution in [0.25, 0.3) is 22.6 Å². The van der Waals surface area contributed by atoms with Crippen LogP contribution in [-0.2, 0) is 10.9 Å². The Morgan fingerprint density at radius 3 is 2.73 bits per heavy atom. The molecule has 0 saturated carbocycles. The van der Waals surface area contributed by atoms with Crippen LogP contribution in [0.1, 0.15) is 5.56 Å². The summed E-state index contributed by atoms with van der Waals surface area (Å²) in [6.45, 7) is 3.26. The smallest absolute Gasteiger partial charge is 0.416 e. The van der Waals surface area contributed by atoms with Crippen LogP contribution in [-0.4, -0.2) is 11.1 Å². The van der Waals surface area contributed by atoms with Gasteiger partial charge in [-0.2, -0.15) is 13.2 Å². The minimum Gasteiger partial charge on any atom is -0.436 e. The van der Waals surface area contributed by atoms with Crippen molar-refractivity contribution in [3.8, 4) is 11.5 Å². The summed E-state index contributed by atoms with van der Waals surface area (Å²) in [4.78, 5) is 15.5. The number of rotatable bonds is 3. The molecule has 0 unspecified atom stereocenters. The number of carbonyl (C=O) groups excluding carboxylic acids is 1. The molecule has 0 radical (unpaired) electrons. The Hall–Kier alpha value is -3.00. The van der Waals surface area contributed by atoms with Crippen molar-refractivity contribution in [2.45, 2.75) is 6.18 Å². The van der Waals surface area contributed by atoms with Gasteiger partial charge in [0, 0.05) is 5.69 Å². The summed E-state index contributed by atoms with van der Waals surface area (Å²) in [5.74, 6) is 0.0186. The Bertz CT molecular complexity index is 999. The van der Waals surface area contributed by atoms with Crippen LogP contribution in [0.15, 0.2) is 53.7 Å². The minimum atomic E-state index is -4.49. The SMILES string of the molecule is C=COC(=O)Nc1ccc(Cl)c(-c2nc3cc(C(F)(F)F)ccc3o2)c1. The molecular weight excluding hydrogens is 373 g/mol. The molecule has 0 atom stereocenters. The predicted octanol–water partition coefficient (Wildman–Crippen LogP) is 5.86. The van der Waals surface area contributed by atoms with Gasteiger partial charge in [-0.15, -0.1) is 0 Å². The van der Waals surface area contributed by atoms with Crippen molar-refractivity contribution in [1.29, 1.82) is 0 Å². The summed E-state index contributed by atoms with van der Waals surface area (Å²) in [5, 5.41) is 2.68. The van der Waals surface area contributed by atoms with Crippen LogP contribution >= 0.6 is 11.6 Å². The first-order chi connectivity index (χ1) is 12.3. The molecule has 134 valence electrons. The van der Waals surface area contributed by atoms with Gasteiger partial charge in [-0.3, -0.25) is 5.32 Å². The molecule has 0 aliphatic rings. The molecule has 3 rings (SSSR count). The number of alkyl halides is 3. The zero-order valence-corrected chi connectivity index (χ0v) is 13.7. The molecule has 0 aliphatic heterocycles. The van der Waals surface area contributed by atoms with Gasteiger partial charge in [-0.1, -0.05) is 18.2 Å². The highest BCUT2D eigenvalue weighted by molar-refractivity contribution is 6.33. The molecule has 2 aromatic carbocycles. The number of nitrogens with one attached hydrogen (secondary N) is 1. The van der Waals surface area contributed by atoms with Gasteiger partial charge in [0.05, 0.1) is 22.4 Å². The molecule has 26 heavy (non-hydrogen) atoms. The van der Waals surface area contributed by atoms with E-state index in [9.17, 15) is 18.0 Å². The first-order valence-corrected chi connectivity index (χ1v) is 7.52. The van der Waals surface area contributed by atoms with Gasteiger partial charge in [-0.05, 0) is 36.4 Å². The fourth-order valence-electron chi connectivity index (χ4n) is 2.21. The molecule has 0 spiro atoms. The van der Waals surface area contributed by atoms with E-state index in [2.05, 4.69) is 21.6 Å². The Morgan fingerprint density at radius 1 is 1.27 bits per heavy atom. The van der Waals surface area contributed by atoms with Crippen LogP contribution < -0.4 is 5.32 Å². The van der Waals surface area contributed by atoms with E-state index < -0.39 is 17.8 Å². The normalized spacial score (nSPS) is 11.4. The van der Waals surface area contributed by atoms with Crippen LogP contribution in [0.5, 0.6) is 0 Å². The van der Waals surface area contributed by atoms with Crippen molar-refractivity contribution in [3.63, 3.8) is 0 Å². The number of benzene rings is 2. The van der Waals surface area contributed by atoms with Crippen molar-refractivity contribution in [3.05, 3.63) is 59.8 Å². The first kappa shape index (κ1) is 17.8. The molecule has 3 aromatic rings. The maximum Gasteiger partial charge on any atom is 0.416 e. The van der Waals surface area contributed by atoms with Gasteiger partial charge in [0.25, 0.3) is 0 Å². The van der Waals surface area contributed by atoms with Crippen LogP contribution in [0, 0.1) is 0 Å². The largest absolute Gasteiger partial charge is 0.436 e. The van der Waals surface area contributed by atoms with Gasteiger partial charge >= 0.3 is 12.3 Å².